The zero-order valence-electron chi connectivity index (χ0n) is 11.6. The van der Waals surface area contributed by atoms with E-state index < -0.39 is 11.5 Å². The number of methoxy groups -OCH3 is 2. The highest BCUT2D eigenvalue weighted by Gasteiger charge is 2.28. The second-order valence-corrected chi connectivity index (χ2v) is 4.90. The zero-order chi connectivity index (χ0) is 13.9. The number of aliphatic hydroxyl groups is 1. The number of ether oxygens (including phenoxy) is 2. The largest absolute Gasteiger partial charge is 0.502 e. The van der Waals surface area contributed by atoms with Gasteiger partial charge in [0.1, 0.15) is 0 Å². The maximum Gasteiger partial charge on any atom is 0.200 e. The van der Waals surface area contributed by atoms with Crippen molar-refractivity contribution in [3.05, 3.63) is 17.7 Å². The number of halogens is 1. The van der Waals surface area contributed by atoms with Gasteiger partial charge in [0.25, 0.3) is 0 Å². The Bertz CT molecular complexity index is 398. The molecule has 1 aromatic rings. The van der Waals surface area contributed by atoms with E-state index in [2.05, 4.69) is 0 Å². The highest BCUT2D eigenvalue weighted by atomic mass is 35.5. The third-order valence-electron chi connectivity index (χ3n) is 3.11. The molecule has 0 aliphatic rings. The summed E-state index contributed by atoms with van der Waals surface area (Å²) >= 11 is 0. The van der Waals surface area contributed by atoms with Crippen molar-refractivity contribution in [2.24, 2.45) is 11.1 Å². The molecule has 1 aromatic carbocycles. The first-order chi connectivity index (χ1) is 8.37. The lowest BCUT2D eigenvalue weighted by Gasteiger charge is -2.30. The third kappa shape index (κ3) is 3.65. The predicted octanol–water partition coefficient (Wildman–Crippen LogP) is 1.85. The maximum atomic E-state index is 9.81. The highest BCUT2D eigenvalue weighted by molar-refractivity contribution is 5.85. The van der Waals surface area contributed by atoms with Crippen LogP contribution in [0.1, 0.15) is 25.5 Å². The number of rotatable bonds is 5. The molecule has 0 aliphatic carbocycles. The molecule has 4 N–H and O–H groups in total. The summed E-state index contributed by atoms with van der Waals surface area (Å²) < 4.78 is 10.2. The first kappa shape index (κ1) is 17.8. The average Bonchev–Trinajstić information content (AvgIpc) is 2.38. The molecule has 1 atom stereocenters. The topological polar surface area (TPSA) is 84.9 Å². The summed E-state index contributed by atoms with van der Waals surface area (Å²) in [7, 11) is 2.92. The number of aromatic hydroxyl groups is 1. The van der Waals surface area contributed by atoms with Gasteiger partial charge in [-0.25, -0.2) is 0 Å². The van der Waals surface area contributed by atoms with Crippen LogP contribution >= 0.6 is 12.4 Å². The molecular weight excluding hydrogens is 270 g/mol. The van der Waals surface area contributed by atoms with Gasteiger partial charge in [0.05, 0.1) is 14.2 Å². The van der Waals surface area contributed by atoms with Gasteiger partial charge >= 0.3 is 0 Å². The fourth-order valence-electron chi connectivity index (χ4n) is 1.64. The quantitative estimate of drug-likeness (QED) is 0.771. The molecule has 0 amide bonds. The Morgan fingerprint density at radius 1 is 1.21 bits per heavy atom. The molecule has 0 aliphatic heterocycles. The smallest absolute Gasteiger partial charge is 0.200 e. The predicted molar refractivity (Wildman–Crippen MR) is 76.3 cm³/mol. The van der Waals surface area contributed by atoms with Crippen LogP contribution in [0.15, 0.2) is 12.1 Å². The van der Waals surface area contributed by atoms with Gasteiger partial charge in [0.2, 0.25) is 5.75 Å². The molecule has 0 saturated carbocycles. The number of nitrogens with two attached hydrogens (primary N) is 1. The SMILES string of the molecule is COc1cc([C@H](N)C(C)(C)CO)cc(OC)c1O.Cl. The minimum Gasteiger partial charge on any atom is -0.502 e. The van der Waals surface area contributed by atoms with Gasteiger partial charge in [0.15, 0.2) is 11.5 Å². The van der Waals surface area contributed by atoms with Gasteiger partial charge in [-0.05, 0) is 17.7 Å². The molecule has 0 saturated heterocycles. The van der Waals surface area contributed by atoms with Crippen LogP contribution in [0.4, 0.5) is 0 Å². The zero-order valence-corrected chi connectivity index (χ0v) is 12.5. The monoisotopic (exact) mass is 291 g/mol. The van der Waals surface area contributed by atoms with Gasteiger partial charge in [-0.15, -0.1) is 12.4 Å². The van der Waals surface area contributed by atoms with Gasteiger partial charge in [-0.3, -0.25) is 0 Å². The lowest BCUT2D eigenvalue weighted by atomic mass is 9.81. The number of hydrogen-bond acceptors (Lipinski definition) is 5. The first-order valence-electron chi connectivity index (χ1n) is 5.68. The van der Waals surface area contributed by atoms with E-state index in [4.69, 9.17) is 15.2 Å². The second-order valence-electron chi connectivity index (χ2n) is 4.90. The van der Waals surface area contributed by atoms with Crippen LogP contribution in [-0.2, 0) is 0 Å². The van der Waals surface area contributed by atoms with E-state index in [0.29, 0.717) is 11.5 Å². The molecule has 0 radical (unpaired) electrons. The molecule has 0 aromatic heterocycles. The Kier molecular flexibility index (Phi) is 6.42. The Labute approximate surface area is 119 Å². The van der Waals surface area contributed by atoms with Crippen LogP contribution in [0.25, 0.3) is 0 Å². The van der Waals surface area contributed by atoms with E-state index >= 15 is 0 Å². The maximum absolute atomic E-state index is 9.81. The van der Waals surface area contributed by atoms with Crippen molar-refractivity contribution in [3.8, 4) is 17.2 Å². The van der Waals surface area contributed by atoms with E-state index in [9.17, 15) is 10.2 Å². The van der Waals surface area contributed by atoms with E-state index in [1.54, 1.807) is 12.1 Å². The third-order valence-corrected chi connectivity index (χ3v) is 3.11. The van der Waals surface area contributed by atoms with Crippen LogP contribution < -0.4 is 15.2 Å². The fourth-order valence-corrected chi connectivity index (χ4v) is 1.64. The average molecular weight is 292 g/mol. The van der Waals surface area contributed by atoms with Crippen LogP contribution in [0.2, 0.25) is 0 Å². The molecule has 5 nitrogen and oxygen atoms in total. The molecule has 0 spiro atoms. The van der Waals surface area contributed by atoms with Crippen LogP contribution in [0.5, 0.6) is 17.2 Å². The Morgan fingerprint density at radius 2 is 1.63 bits per heavy atom. The minimum atomic E-state index is -0.479. The molecule has 1 rings (SSSR count). The lowest BCUT2D eigenvalue weighted by Crippen LogP contribution is -2.32. The molecule has 0 bridgehead atoms. The molecule has 0 unspecified atom stereocenters. The summed E-state index contributed by atoms with van der Waals surface area (Å²) in [5.41, 5.74) is 6.39. The van der Waals surface area contributed by atoms with E-state index in [0.717, 1.165) is 5.56 Å². The molecule has 6 heteroatoms. The molecule has 0 heterocycles. The first-order valence-corrected chi connectivity index (χ1v) is 5.68. The fraction of sp³-hybridized carbons (Fsp3) is 0.538. The van der Waals surface area contributed by atoms with E-state index in [1.165, 1.54) is 14.2 Å². The van der Waals surface area contributed by atoms with Crippen molar-refractivity contribution in [1.82, 2.24) is 0 Å². The van der Waals surface area contributed by atoms with Crippen molar-refractivity contribution < 1.29 is 19.7 Å². The lowest BCUT2D eigenvalue weighted by molar-refractivity contribution is 0.132. The number of aliphatic hydroxyl groups excluding tert-OH is 1. The Morgan fingerprint density at radius 3 is 1.95 bits per heavy atom. The van der Waals surface area contributed by atoms with Crippen molar-refractivity contribution in [3.63, 3.8) is 0 Å². The Hall–Kier alpha value is -1.17. The van der Waals surface area contributed by atoms with Crippen molar-refractivity contribution >= 4 is 12.4 Å². The molecule has 19 heavy (non-hydrogen) atoms. The van der Waals surface area contributed by atoms with Gasteiger partial charge in [-0.1, -0.05) is 13.8 Å². The van der Waals surface area contributed by atoms with Crippen molar-refractivity contribution in [2.45, 2.75) is 19.9 Å². The summed E-state index contributed by atoms with van der Waals surface area (Å²) in [5, 5.41) is 19.2. The summed E-state index contributed by atoms with van der Waals surface area (Å²) in [6.07, 6.45) is 0. The Balaban J connectivity index is 0.00000324. The van der Waals surface area contributed by atoms with Gasteiger partial charge < -0.3 is 25.4 Å². The van der Waals surface area contributed by atoms with Crippen LogP contribution in [0, 0.1) is 5.41 Å². The van der Waals surface area contributed by atoms with Crippen LogP contribution in [0.3, 0.4) is 0 Å². The van der Waals surface area contributed by atoms with Gasteiger partial charge in [-0.2, -0.15) is 0 Å². The summed E-state index contributed by atoms with van der Waals surface area (Å²) in [6.45, 7) is 3.69. The number of phenolic OH excluding ortho intramolecular Hbond substituents is 1. The normalized spacial score (nSPS) is 12.5. The highest BCUT2D eigenvalue weighted by Crippen LogP contribution is 2.41. The minimum absolute atomic E-state index is 0. The summed E-state index contributed by atoms with van der Waals surface area (Å²) in [6, 6.07) is 2.91. The second kappa shape index (κ2) is 6.84. The molecule has 110 valence electrons. The van der Waals surface area contributed by atoms with E-state index in [-0.39, 0.29) is 24.8 Å². The van der Waals surface area contributed by atoms with Gasteiger partial charge in [0, 0.05) is 18.1 Å². The van der Waals surface area contributed by atoms with Crippen LogP contribution in [-0.4, -0.2) is 31.0 Å². The molecule has 0 fully saturated rings. The number of phenols is 1. The summed E-state index contributed by atoms with van der Waals surface area (Å²) in [5.74, 6) is 0.542. The number of hydrogen-bond donors (Lipinski definition) is 3. The standard InChI is InChI=1S/C13H21NO4.ClH/c1-13(2,7-15)12(14)8-5-9(17-3)11(16)10(6-8)18-4;/h5-6,12,15-16H,7,14H2,1-4H3;1H/t12-;/m0./s1. The van der Waals surface area contributed by atoms with E-state index in [1.807, 2.05) is 13.8 Å². The number of benzene rings is 1. The van der Waals surface area contributed by atoms with Crippen molar-refractivity contribution in [2.75, 3.05) is 20.8 Å². The van der Waals surface area contributed by atoms with Crippen molar-refractivity contribution in [1.29, 1.82) is 0 Å². The molecular formula is C13H22ClNO4. The summed E-state index contributed by atoms with van der Waals surface area (Å²) in [4.78, 5) is 0.